The van der Waals surface area contributed by atoms with Crippen LogP contribution in [0.15, 0.2) is 54.9 Å². The predicted octanol–water partition coefficient (Wildman–Crippen LogP) is 2.53. The molecule has 2 heterocycles. The van der Waals surface area contributed by atoms with Gasteiger partial charge in [0.25, 0.3) is 5.69 Å². The van der Waals surface area contributed by atoms with Crippen molar-refractivity contribution in [2.45, 2.75) is 13.1 Å². The van der Waals surface area contributed by atoms with Crippen LogP contribution in [0.5, 0.6) is 0 Å². The number of nitrogens with one attached hydrogen (secondary N) is 1. The molecule has 3 rings (SSSR count). The third-order valence-electron chi connectivity index (χ3n) is 3.20. The van der Waals surface area contributed by atoms with Crippen molar-refractivity contribution >= 4 is 11.3 Å². The zero-order valence-electron chi connectivity index (χ0n) is 11.3. The van der Waals surface area contributed by atoms with Crippen LogP contribution in [0.1, 0.15) is 11.3 Å². The normalized spacial score (nSPS) is 10.9. The Hall–Kier alpha value is -2.73. The number of benzene rings is 1. The fourth-order valence-electron chi connectivity index (χ4n) is 2.14. The van der Waals surface area contributed by atoms with Crippen LogP contribution in [0, 0.1) is 10.1 Å². The first kappa shape index (κ1) is 13.3. The third-order valence-corrected chi connectivity index (χ3v) is 3.20. The van der Waals surface area contributed by atoms with Gasteiger partial charge in [0, 0.05) is 37.6 Å². The molecule has 0 amide bonds. The number of hydrogen-bond acceptors (Lipinski definition) is 4. The van der Waals surface area contributed by atoms with E-state index in [1.54, 1.807) is 12.1 Å². The summed E-state index contributed by atoms with van der Waals surface area (Å²) in [4.78, 5) is 14.7. The molecule has 106 valence electrons. The van der Waals surface area contributed by atoms with Crippen LogP contribution in [0.4, 0.5) is 5.69 Å². The van der Waals surface area contributed by atoms with E-state index < -0.39 is 4.92 Å². The maximum Gasteiger partial charge on any atom is 0.269 e. The van der Waals surface area contributed by atoms with Crippen LogP contribution in [0.3, 0.4) is 0 Å². The van der Waals surface area contributed by atoms with Crippen molar-refractivity contribution in [1.82, 2.24) is 14.7 Å². The van der Waals surface area contributed by atoms with Gasteiger partial charge in [0.2, 0.25) is 0 Å². The Balaban J connectivity index is 1.59. The molecule has 1 N–H and O–H groups in total. The molecule has 6 nitrogen and oxygen atoms in total. The van der Waals surface area contributed by atoms with E-state index in [0.717, 1.165) is 16.9 Å². The highest BCUT2D eigenvalue weighted by Crippen LogP contribution is 2.12. The summed E-state index contributed by atoms with van der Waals surface area (Å²) in [7, 11) is 0. The monoisotopic (exact) mass is 282 g/mol. The van der Waals surface area contributed by atoms with Crippen molar-refractivity contribution in [2.24, 2.45) is 0 Å². The van der Waals surface area contributed by atoms with E-state index in [0.29, 0.717) is 13.1 Å². The molecule has 0 saturated heterocycles. The summed E-state index contributed by atoms with van der Waals surface area (Å²) in [6, 6.07) is 12.4. The summed E-state index contributed by atoms with van der Waals surface area (Å²) in [5, 5.41) is 13.9. The quantitative estimate of drug-likeness (QED) is 0.576. The van der Waals surface area contributed by atoms with Crippen molar-refractivity contribution in [3.8, 4) is 0 Å². The molecule has 1 aromatic carbocycles. The number of fused-ring (bicyclic) bond motifs is 1. The first-order chi connectivity index (χ1) is 10.2. The van der Waals surface area contributed by atoms with E-state index >= 15 is 0 Å². The molecule has 0 radical (unpaired) electrons. The van der Waals surface area contributed by atoms with Crippen LogP contribution >= 0.6 is 0 Å². The lowest BCUT2D eigenvalue weighted by atomic mass is 10.2. The van der Waals surface area contributed by atoms with Gasteiger partial charge in [-0.05, 0) is 17.7 Å². The molecule has 0 aliphatic carbocycles. The number of hydrogen-bond donors (Lipinski definition) is 1. The SMILES string of the molecule is O=[N+]([O-])c1ccc(CNCc2cn3ccccc3n2)cc1. The van der Waals surface area contributed by atoms with Crippen LogP contribution in [-0.2, 0) is 13.1 Å². The van der Waals surface area contributed by atoms with Gasteiger partial charge >= 0.3 is 0 Å². The van der Waals surface area contributed by atoms with Gasteiger partial charge in [0.1, 0.15) is 5.65 Å². The summed E-state index contributed by atoms with van der Waals surface area (Å²) in [6.45, 7) is 1.30. The molecular formula is C15H14N4O2. The van der Waals surface area contributed by atoms with E-state index in [1.807, 2.05) is 35.0 Å². The highest BCUT2D eigenvalue weighted by molar-refractivity contribution is 5.39. The van der Waals surface area contributed by atoms with E-state index in [2.05, 4.69) is 10.3 Å². The Kier molecular flexibility index (Phi) is 3.61. The van der Waals surface area contributed by atoms with Crippen molar-refractivity contribution in [3.05, 3.63) is 76.2 Å². The average molecular weight is 282 g/mol. The smallest absolute Gasteiger partial charge is 0.269 e. The zero-order chi connectivity index (χ0) is 14.7. The predicted molar refractivity (Wildman–Crippen MR) is 78.8 cm³/mol. The highest BCUT2D eigenvalue weighted by Gasteiger charge is 2.04. The lowest BCUT2D eigenvalue weighted by Gasteiger charge is -2.02. The Labute approximate surface area is 121 Å². The van der Waals surface area contributed by atoms with Crippen LogP contribution in [0.2, 0.25) is 0 Å². The van der Waals surface area contributed by atoms with Gasteiger partial charge in [-0.1, -0.05) is 18.2 Å². The fourth-order valence-corrected chi connectivity index (χ4v) is 2.14. The summed E-state index contributed by atoms with van der Waals surface area (Å²) in [5.41, 5.74) is 3.00. The standard InChI is InChI=1S/C15H14N4O2/c20-19(21)14-6-4-12(5-7-14)9-16-10-13-11-18-8-2-1-3-15(18)17-13/h1-8,11,16H,9-10H2. The number of pyridine rings is 1. The Morgan fingerprint density at radius 1 is 1.14 bits per heavy atom. The van der Waals surface area contributed by atoms with E-state index in [4.69, 9.17) is 0 Å². The molecule has 0 aliphatic heterocycles. The molecule has 0 bridgehead atoms. The van der Waals surface area contributed by atoms with Crippen molar-refractivity contribution in [3.63, 3.8) is 0 Å². The first-order valence-corrected chi connectivity index (χ1v) is 6.59. The number of aromatic nitrogens is 2. The zero-order valence-corrected chi connectivity index (χ0v) is 11.3. The topological polar surface area (TPSA) is 72.5 Å². The molecule has 3 aromatic rings. The number of imidazole rings is 1. The fraction of sp³-hybridized carbons (Fsp3) is 0.133. The van der Waals surface area contributed by atoms with Gasteiger partial charge in [-0.2, -0.15) is 0 Å². The van der Waals surface area contributed by atoms with Crippen molar-refractivity contribution < 1.29 is 4.92 Å². The summed E-state index contributed by atoms with van der Waals surface area (Å²) >= 11 is 0. The number of nitrogens with zero attached hydrogens (tertiary/aromatic N) is 3. The average Bonchev–Trinajstić information content (AvgIpc) is 2.90. The minimum atomic E-state index is -0.395. The van der Waals surface area contributed by atoms with Gasteiger partial charge < -0.3 is 9.72 Å². The molecule has 0 atom stereocenters. The molecule has 2 aromatic heterocycles. The van der Waals surface area contributed by atoms with Gasteiger partial charge in [-0.25, -0.2) is 4.98 Å². The molecular weight excluding hydrogens is 268 g/mol. The van der Waals surface area contributed by atoms with E-state index in [1.165, 1.54) is 12.1 Å². The lowest BCUT2D eigenvalue weighted by molar-refractivity contribution is -0.384. The minimum absolute atomic E-state index is 0.110. The maximum atomic E-state index is 10.6. The summed E-state index contributed by atoms with van der Waals surface area (Å²) in [5.74, 6) is 0. The molecule has 21 heavy (non-hydrogen) atoms. The number of non-ortho nitro benzene ring substituents is 1. The molecule has 0 aliphatic rings. The Morgan fingerprint density at radius 3 is 2.67 bits per heavy atom. The highest BCUT2D eigenvalue weighted by atomic mass is 16.6. The first-order valence-electron chi connectivity index (χ1n) is 6.59. The summed E-state index contributed by atoms with van der Waals surface area (Å²) in [6.07, 6.45) is 3.94. The van der Waals surface area contributed by atoms with Gasteiger partial charge in [-0.3, -0.25) is 10.1 Å². The van der Waals surface area contributed by atoms with E-state index in [-0.39, 0.29) is 5.69 Å². The number of nitro benzene ring substituents is 1. The number of rotatable bonds is 5. The van der Waals surface area contributed by atoms with Crippen LogP contribution < -0.4 is 5.32 Å². The second-order valence-electron chi connectivity index (χ2n) is 4.73. The molecule has 0 spiro atoms. The molecule has 0 fully saturated rings. The van der Waals surface area contributed by atoms with Crippen molar-refractivity contribution in [2.75, 3.05) is 0 Å². The summed E-state index contributed by atoms with van der Waals surface area (Å²) < 4.78 is 1.98. The van der Waals surface area contributed by atoms with Gasteiger partial charge in [0.15, 0.2) is 0 Å². The maximum absolute atomic E-state index is 10.6. The minimum Gasteiger partial charge on any atom is -0.307 e. The second kappa shape index (κ2) is 5.72. The van der Waals surface area contributed by atoms with Gasteiger partial charge in [0.05, 0.1) is 10.6 Å². The van der Waals surface area contributed by atoms with E-state index in [9.17, 15) is 10.1 Å². The largest absolute Gasteiger partial charge is 0.307 e. The Bertz CT molecular complexity index is 732. The lowest BCUT2D eigenvalue weighted by Crippen LogP contribution is -2.12. The second-order valence-corrected chi connectivity index (χ2v) is 4.73. The van der Waals surface area contributed by atoms with Crippen LogP contribution in [-0.4, -0.2) is 14.3 Å². The van der Waals surface area contributed by atoms with Crippen LogP contribution in [0.25, 0.3) is 5.65 Å². The third kappa shape index (κ3) is 3.06. The van der Waals surface area contributed by atoms with Gasteiger partial charge in [-0.15, -0.1) is 0 Å². The molecule has 0 saturated carbocycles. The number of nitro groups is 1. The molecule has 0 unspecified atom stereocenters. The van der Waals surface area contributed by atoms with Crippen molar-refractivity contribution in [1.29, 1.82) is 0 Å². The molecule has 6 heteroatoms. The Morgan fingerprint density at radius 2 is 1.95 bits per heavy atom.